The Morgan fingerprint density at radius 2 is 0.889 bits per heavy atom. The van der Waals surface area contributed by atoms with Crippen molar-refractivity contribution >= 4 is 0 Å². The molecule has 4 nitrogen and oxygen atoms in total. The second-order valence-corrected chi connectivity index (χ2v) is 3.84. The first-order valence-corrected chi connectivity index (χ1v) is 5.58. The molecule has 0 aliphatic rings. The minimum atomic E-state index is 1.06. The Bertz CT molecular complexity index is 562. The minimum Gasteiger partial charge on any atom is -0.159 e. The number of nitrogens with zero attached hydrogens (tertiary/aromatic N) is 4. The molecule has 2 heterocycles. The summed E-state index contributed by atoms with van der Waals surface area (Å²) < 4.78 is 0. The molecule has 0 aliphatic carbocycles. The van der Waals surface area contributed by atoms with Gasteiger partial charge in [-0.05, 0) is 23.3 Å². The smallest absolute Gasteiger partial charge is 0.0574 e. The van der Waals surface area contributed by atoms with E-state index in [9.17, 15) is 0 Å². The lowest BCUT2D eigenvalue weighted by molar-refractivity contribution is 1.03. The van der Waals surface area contributed by atoms with Gasteiger partial charge in [-0.25, -0.2) is 0 Å². The van der Waals surface area contributed by atoms with Crippen LogP contribution in [0.15, 0.2) is 61.2 Å². The van der Waals surface area contributed by atoms with Gasteiger partial charge in [-0.3, -0.25) is 0 Å². The highest BCUT2D eigenvalue weighted by Crippen LogP contribution is 2.23. The summed E-state index contributed by atoms with van der Waals surface area (Å²) in [6.07, 6.45) is 6.89. The number of hydrogen-bond donors (Lipinski definition) is 0. The molecule has 0 unspecified atom stereocenters. The Labute approximate surface area is 104 Å². The van der Waals surface area contributed by atoms with Crippen molar-refractivity contribution in [3.8, 4) is 22.3 Å². The summed E-state index contributed by atoms with van der Waals surface area (Å²) in [6, 6.07) is 12.1. The van der Waals surface area contributed by atoms with Gasteiger partial charge >= 0.3 is 0 Å². The van der Waals surface area contributed by atoms with Crippen LogP contribution in [-0.2, 0) is 0 Å². The molecule has 3 rings (SSSR count). The molecule has 0 radical (unpaired) electrons. The lowest BCUT2D eigenvalue weighted by Gasteiger charge is -2.03. The van der Waals surface area contributed by atoms with E-state index in [1.54, 1.807) is 24.8 Å². The predicted molar refractivity (Wildman–Crippen MR) is 68.5 cm³/mol. The number of hydrogen-bond acceptors (Lipinski definition) is 4. The monoisotopic (exact) mass is 234 g/mol. The Morgan fingerprint density at radius 3 is 1.22 bits per heavy atom. The van der Waals surface area contributed by atoms with Crippen LogP contribution in [0.25, 0.3) is 22.3 Å². The maximum Gasteiger partial charge on any atom is 0.0574 e. The Morgan fingerprint density at radius 1 is 0.444 bits per heavy atom. The molecule has 0 saturated carbocycles. The van der Waals surface area contributed by atoms with Gasteiger partial charge in [0.05, 0.1) is 24.8 Å². The SMILES string of the molecule is c1cc(-c2ccc(-c3ccnnc3)cc2)cnn1. The maximum absolute atomic E-state index is 3.87. The van der Waals surface area contributed by atoms with Gasteiger partial charge in [0, 0.05) is 11.1 Å². The quantitative estimate of drug-likeness (QED) is 0.684. The molecule has 0 spiro atoms. The van der Waals surface area contributed by atoms with E-state index in [-0.39, 0.29) is 0 Å². The highest BCUT2D eigenvalue weighted by atomic mass is 15.1. The molecule has 3 aromatic rings. The third-order valence-corrected chi connectivity index (χ3v) is 2.72. The summed E-state index contributed by atoms with van der Waals surface area (Å²) in [5, 5.41) is 15.3. The van der Waals surface area contributed by atoms with Crippen molar-refractivity contribution in [3.63, 3.8) is 0 Å². The molecule has 0 N–H and O–H groups in total. The average molecular weight is 234 g/mol. The zero-order chi connectivity index (χ0) is 12.2. The van der Waals surface area contributed by atoms with Crippen LogP contribution in [0.5, 0.6) is 0 Å². The summed E-state index contributed by atoms with van der Waals surface area (Å²) in [5.74, 6) is 0. The first-order chi connectivity index (χ1) is 8.93. The van der Waals surface area contributed by atoms with Gasteiger partial charge in [-0.15, -0.1) is 0 Å². The molecule has 1 aromatic carbocycles. The van der Waals surface area contributed by atoms with Crippen LogP contribution in [0.3, 0.4) is 0 Å². The Kier molecular flexibility index (Phi) is 2.75. The summed E-state index contributed by atoms with van der Waals surface area (Å²) in [6.45, 7) is 0. The van der Waals surface area contributed by atoms with Gasteiger partial charge in [-0.1, -0.05) is 24.3 Å². The lowest BCUT2D eigenvalue weighted by atomic mass is 10.0. The van der Waals surface area contributed by atoms with Crippen molar-refractivity contribution in [2.45, 2.75) is 0 Å². The summed E-state index contributed by atoms with van der Waals surface area (Å²) in [5.41, 5.74) is 4.36. The fourth-order valence-corrected chi connectivity index (χ4v) is 1.78. The van der Waals surface area contributed by atoms with Crippen LogP contribution >= 0.6 is 0 Å². The Balaban J connectivity index is 1.95. The second kappa shape index (κ2) is 4.71. The van der Waals surface area contributed by atoms with Crippen molar-refractivity contribution in [2.24, 2.45) is 0 Å². The van der Waals surface area contributed by atoms with Crippen molar-refractivity contribution in [2.75, 3.05) is 0 Å². The van der Waals surface area contributed by atoms with Crippen molar-refractivity contribution in [1.82, 2.24) is 20.4 Å². The van der Waals surface area contributed by atoms with Crippen molar-refractivity contribution < 1.29 is 0 Å². The van der Waals surface area contributed by atoms with Crippen LogP contribution in [0.1, 0.15) is 0 Å². The molecule has 0 saturated heterocycles. The molecule has 18 heavy (non-hydrogen) atoms. The summed E-state index contributed by atoms with van der Waals surface area (Å²) in [4.78, 5) is 0. The topological polar surface area (TPSA) is 51.6 Å². The molecular formula is C14H10N4. The fourth-order valence-electron chi connectivity index (χ4n) is 1.78. The molecular weight excluding hydrogens is 224 g/mol. The second-order valence-electron chi connectivity index (χ2n) is 3.84. The van der Waals surface area contributed by atoms with Crippen LogP contribution in [0, 0.1) is 0 Å². The summed E-state index contributed by atoms with van der Waals surface area (Å²) in [7, 11) is 0. The standard InChI is InChI=1S/C14H10N4/c1-2-12(14-6-8-16-18-10-14)4-3-11(1)13-5-7-15-17-9-13/h1-10H. The normalized spacial score (nSPS) is 10.2. The van der Waals surface area contributed by atoms with E-state index in [1.165, 1.54) is 0 Å². The predicted octanol–water partition coefficient (Wildman–Crippen LogP) is 2.60. The van der Waals surface area contributed by atoms with E-state index in [0.29, 0.717) is 0 Å². The molecule has 4 heteroatoms. The minimum absolute atomic E-state index is 1.06. The van der Waals surface area contributed by atoms with Crippen LogP contribution in [-0.4, -0.2) is 20.4 Å². The van der Waals surface area contributed by atoms with Gasteiger partial charge in [0.25, 0.3) is 0 Å². The first-order valence-electron chi connectivity index (χ1n) is 5.58. The number of benzene rings is 1. The maximum atomic E-state index is 3.87. The average Bonchev–Trinajstić information content (AvgIpc) is 2.49. The first kappa shape index (κ1) is 10.5. The van der Waals surface area contributed by atoms with Crippen LogP contribution in [0.4, 0.5) is 0 Å². The van der Waals surface area contributed by atoms with E-state index in [4.69, 9.17) is 0 Å². The molecule has 0 atom stereocenters. The molecule has 86 valence electrons. The zero-order valence-corrected chi connectivity index (χ0v) is 9.56. The summed E-state index contributed by atoms with van der Waals surface area (Å²) >= 11 is 0. The van der Waals surface area contributed by atoms with Gasteiger partial charge in [0.15, 0.2) is 0 Å². The van der Waals surface area contributed by atoms with Crippen LogP contribution in [0.2, 0.25) is 0 Å². The molecule has 2 aromatic heterocycles. The molecule has 0 bridgehead atoms. The van der Waals surface area contributed by atoms with Gasteiger partial charge in [0.2, 0.25) is 0 Å². The molecule has 0 amide bonds. The fraction of sp³-hybridized carbons (Fsp3) is 0. The molecule has 0 aliphatic heterocycles. The highest BCUT2D eigenvalue weighted by Gasteiger charge is 2.00. The largest absolute Gasteiger partial charge is 0.159 e. The molecule has 0 fully saturated rings. The van der Waals surface area contributed by atoms with E-state index in [1.807, 2.05) is 12.1 Å². The number of rotatable bonds is 2. The lowest BCUT2D eigenvalue weighted by Crippen LogP contribution is -1.84. The van der Waals surface area contributed by atoms with E-state index < -0.39 is 0 Å². The Hall–Kier alpha value is -2.62. The van der Waals surface area contributed by atoms with Crippen LogP contribution < -0.4 is 0 Å². The van der Waals surface area contributed by atoms with E-state index in [2.05, 4.69) is 44.7 Å². The third-order valence-electron chi connectivity index (χ3n) is 2.72. The number of aromatic nitrogens is 4. The highest BCUT2D eigenvalue weighted by molar-refractivity contribution is 5.69. The third kappa shape index (κ3) is 2.08. The van der Waals surface area contributed by atoms with E-state index >= 15 is 0 Å². The van der Waals surface area contributed by atoms with Gasteiger partial charge < -0.3 is 0 Å². The van der Waals surface area contributed by atoms with Crippen molar-refractivity contribution in [3.05, 3.63) is 61.2 Å². The van der Waals surface area contributed by atoms with E-state index in [0.717, 1.165) is 22.3 Å². The van der Waals surface area contributed by atoms with Gasteiger partial charge in [0.1, 0.15) is 0 Å². The van der Waals surface area contributed by atoms with Crippen molar-refractivity contribution in [1.29, 1.82) is 0 Å². The zero-order valence-electron chi connectivity index (χ0n) is 9.56. The van der Waals surface area contributed by atoms with Gasteiger partial charge in [-0.2, -0.15) is 20.4 Å².